The predicted molar refractivity (Wildman–Crippen MR) is 117 cm³/mol. The van der Waals surface area contributed by atoms with E-state index < -0.39 is 0 Å². The van der Waals surface area contributed by atoms with Crippen LogP contribution >= 0.6 is 0 Å². The van der Waals surface area contributed by atoms with Crippen LogP contribution in [-0.4, -0.2) is 23.3 Å². The quantitative estimate of drug-likeness (QED) is 0.418. The first kappa shape index (κ1) is 19.7. The predicted octanol–water partition coefficient (Wildman–Crippen LogP) is 5.48. The zero-order valence-electron chi connectivity index (χ0n) is 17.1. The highest BCUT2D eigenvalue weighted by Crippen LogP contribution is 2.27. The molecule has 0 aliphatic rings. The Morgan fingerprint density at radius 3 is 2.53 bits per heavy atom. The van der Waals surface area contributed by atoms with E-state index in [9.17, 15) is 4.79 Å². The number of nitrogens with one attached hydrogen (secondary N) is 1. The average molecular weight is 400 g/mol. The molecule has 1 atom stereocenters. The molecule has 4 rings (SSSR count). The Hall–Kier alpha value is -3.60. The maximum atomic E-state index is 11.4. The van der Waals surface area contributed by atoms with E-state index in [-0.39, 0.29) is 11.9 Å². The summed E-state index contributed by atoms with van der Waals surface area (Å²) in [5, 5.41) is 8.69. The third-order valence-corrected chi connectivity index (χ3v) is 5.23. The van der Waals surface area contributed by atoms with Crippen molar-refractivity contribution < 1.29 is 14.3 Å². The lowest BCUT2D eigenvalue weighted by Gasteiger charge is -2.12. The summed E-state index contributed by atoms with van der Waals surface area (Å²) in [7, 11) is 1.41. The molecule has 0 radical (unpaired) electrons. The fourth-order valence-electron chi connectivity index (χ4n) is 3.48. The minimum absolute atomic E-state index is 0.105. The number of carbonyl (C=O) groups is 1. The van der Waals surface area contributed by atoms with E-state index in [1.165, 1.54) is 7.11 Å². The first-order chi connectivity index (χ1) is 14.6. The Balaban J connectivity index is 1.42. The molecule has 0 bridgehead atoms. The first-order valence-corrected chi connectivity index (χ1v) is 9.96. The maximum absolute atomic E-state index is 11.4. The summed E-state index contributed by atoms with van der Waals surface area (Å²) in [6.45, 7) is 2.47. The minimum Gasteiger partial charge on any atom is -0.489 e. The first-order valence-electron chi connectivity index (χ1n) is 9.96. The van der Waals surface area contributed by atoms with Crippen molar-refractivity contribution in [3.8, 4) is 17.0 Å². The molecule has 0 saturated heterocycles. The number of hydrogen-bond donors (Lipinski definition) is 1. The van der Waals surface area contributed by atoms with Crippen molar-refractivity contribution in [2.45, 2.75) is 25.9 Å². The highest BCUT2D eigenvalue weighted by atomic mass is 16.5. The molecule has 0 aliphatic heterocycles. The van der Waals surface area contributed by atoms with Gasteiger partial charge in [0.1, 0.15) is 12.4 Å². The molecule has 0 saturated carbocycles. The Bertz CT molecular complexity index is 1130. The Morgan fingerprint density at radius 1 is 1.03 bits per heavy atom. The molecule has 0 amide bonds. The summed E-state index contributed by atoms with van der Waals surface area (Å²) < 4.78 is 10.7. The van der Waals surface area contributed by atoms with Crippen LogP contribution in [0.25, 0.3) is 22.2 Å². The number of fused-ring (bicyclic) bond motifs is 1. The van der Waals surface area contributed by atoms with E-state index in [2.05, 4.69) is 40.5 Å². The summed E-state index contributed by atoms with van der Waals surface area (Å²) >= 11 is 0. The van der Waals surface area contributed by atoms with Gasteiger partial charge in [0.15, 0.2) is 0 Å². The molecule has 1 aromatic heterocycles. The van der Waals surface area contributed by atoms with E-state index >= 15 is 0 Å². The largest absolute Gasteiger partial charge is 0.489 e. The van der Waals surface area contributed by atoms with Gasteiger partial charge < -0.3 is 9.47 Å². The van der Waals surface area contributed by atoms with Gasteiger partial charge in [-0.15, -0.1) is 0 Å². The molecule has 1 heterocycles. The third-order valence-electron chi connectivity index (χ3n) is 5.23. The van der Waals surface area contributed by atoms with Crippen molar-refractivity contribution in [1.82, 2.24) is 10.2 Å². The van der Waals surface area contributed by atoms with Crippen molar-refractivity contribution >= 4 is 16.9 Å². The lowest BCUT2D eigenvalue weighted by atomic mass is 9.98. The van der Waals surface area contributed by atoms with Gasteiger partial charge in [-0.1, -0.05) is 61.5 Å². The number of hydrogen-bond acceptors (Lipinski definition) is 4. The second-order valence-corrected chi connectivity index (χ2v) is 7.36. The number of esters is 1. The second-order valence-electron chi connectivity index (χ2n) is 7.36. The monoisotopic (exact) mass is 400 g/mol. The van der Waals surface area contributed by atoms with Gasteiger partial charge in [0, 0.05) is 10.9 Å². The zero-order chi connectivity index (χ0) is 20.9. The Labute approximate surface area is 175 Å². The molecule has 4 aromatic rings. The molecule has 152 valence electrons. The molecule has 1 unspecified atom stereocenters. The number of carbonyl (C=O) groups excluding carboxylic acids is 1. The molecule has 0 fully saturated rings. The Morgan fingerprint density at radius 2 is 1.80 bits per heavy atom. The van der Waals surface area contributed by atoms with Crippen LogP contribution in [0.3, 0.4) is 0 Å². The van der Waals surface area contributed by atoms with E-state index in [0.29, 0.717) is 13.0 Å². The molecule has 1 N–H and O–H groups in total. The smallest absolute Gasteiger partial charge is 0.306 e. The third kappa shape index (κ3) is 4.35. The zero-order valence-corrected chi connectivity index (χ0v) is 17.1. The summed E-state index contributed by atoms with van der Waals surface area (Å²) in [4.78, 5) is 11.4. The van der Waals surface area contributed by atoms with Crippen LogP contribution in [0, 0.1) is 0 Å². The second kappa shape index (κ2) is 8.82. The van der Waals surface area contributed by atoms with Crippen LogP contribution in [0.4, 0.5) is 0 Å². The van der Waals surface area contributed by atoms with Crippen molar-refractivity contribution in [3.63, 3.8) is 0 Å². The van der Waals surface area contributed by atoms with Crippen molar-refractivity contribution in [2.75, 3.05) is 7.11 Å². The normalized spacial score (nSPS) is 11.9. The molecule has 0 aliphatic carbocycles. The van der Waals surface area contributed by atoms with Crippen molar-refractivity contribution in [3.05, 3.63) is 83.9 Å². The lowest BCUT2D eigenvalue weighted by Crippen LogP contribution is -2.06. The van der Waals surface area contributed by atoms with Crippen LogP contribution in [0.15, 0.2) is 72.8 Å². The number of ether oxygens (including phenoxy) is 2. The van der Waals surface area contributed by atoms with Gasteiger partial charge in [-0.25, -0.2) is 0 Å². The van der Waals surface area contributed by atoms with E-state index in [4.69, 9.17) is 9.47 Å². The van der Waals surface area contributed by atoms with Gasteiger partial charge in [0.25, 0.3) is 0 Å². The molecule has 3 aromatic carbocycles. The van der Waals surface area contributed by atoms with Crippen LogP contribution in [0.1, 0.15) is 30.4 Å². The topological polar surface area (TPSA) is 64.2 Å². The summed E-state index contributed by atoms with van der Waals surface area (Å²) in [6, 6.07) is 24.2. The van der Waals surface area contributed by atoms with Gasteiger partial charge in [-0.05, 0) is 35.2 Å². The highest BCUT2D eigenvalue weighted by Gasteiger charge is 2.12. The number of benzene rings is 3. The fourth-order valence-corrected chi connectivity index (χ4v) is 3.48. The molecule has 5 nitrogen and oxygen atoms in total. The van der Waals surface area contributed by atoms with Gasteiger partial charge in [0.05, 0.1) is 24.7 Å². The Kier molecular flexibility index (Phi) is 5.80. The van der Waals surface area contributed by atoms with Crippen molar-refractivity contribution in [2.24, 2.45) is 0 Å². The summed E-state index contributed by atoms with van der Waals surface area (Å²) in [6.07, 6.45) is 0.367. The molecular weight excluding hydrogens is 376 g/mol. The summed E-state index contributed by atoms with van der Waals surface area (Å²) in [5.74, 6) is 0.694. The standard InChI is InChI=1S/C25H24N2O3/c1-17(14-24(28)29-2)19-9-11-21(12-10-19)30-16-18-8-13-22-23(15-18)26-27-25(22)20-6-4-3-5-7-20/h3-13,15,17H,14,16H2,1-2H3,(H,26,27). The average Bonchev–Trinajstić information content (AvgIpc) is 3.21. The van der Waals surface area contributed by atoms with Gasteiger partial charge >= 0.3 is 5.97 Å². The van der Waals surface area contributed by atoms with E-state index in [1.807, 2.05) is 49.4 Å². The fraction of sp³-hybridized carbons (Fsp3) is 0.200. The number of rotatable bonds is 7. The number of aromatic nitrogens is 2. The van der Waals surface area contributed by atoms with Gasteiger partial charge in [-0.2, -0.15) is 5.10 Å². The van der Waals surface area contributed by atoms with Crippen LogP contribution in [-0.2, 0) is 16.1 Å². The van der Waals surface area contributed by atoms with Gasteiger partial charge in [0.2, 0.25) is 0 Å². The van der Waals surface area contributed by atoms with Crippen LogP contribution in [0.2, 0.25) is 0 Å². The number of H-pyrrole nitrogens is 1. The van der Waals surface area contributed by atoms with Crippen LogP contribution < -0.4 is 4.74 Å². The molecule has 5 heteroatoms. The molecule has 0 spiro atoms. The number of nitrogens with zero attached hydrogens (tertiary/aromatic N) is 1. The van der Waals surface area contributed by atoms with Crippen LogP contribution in [0.5, 0.6) is 5.75 Å². The summed E-state index contributed by atoms with van der Waals surface area (Å²) in [5.41, 5.74) is 5.18. The maximum Gasteiger partial charge on any atom is 0.306 e. The van der Waals surface area contributed by atoms with E-state index in [1.54, 1.807) is 0 Å². The SMILES string of the molecule is COC(=O)CC(C)c1ccc(OCc2ccc3c(-c4ccccc4)n[nH]c3c2)cc1. The molecule has 30 heavy (non-hydrogen) atoms. The molecular formula is C25H24N2O3. The van der Waals surface area contributed by atoms with Gasteiger partial charge in [-0.3, -0.25) is 9.89 Å². The lowest BCUT2D eigenvalue weighted by molar-refractivity contribution is -0.140. The number of methoxy groups -OCH3 is 1. The minimum atomic E-state index is -0.201. The number of aromatic amines is 1. The van der Waals surface area contributed by atoms with E-state index in [0.717, 1.165) is 39.0 Å². The van der Waals surface area contributed by atoms with Crippen molar-refractivity contribution in [1.29, 1.82) is 0 Å². The highest BCUT2D eigenvalue weighted by molar-refractivity contribution is 5.93.